The van der Waals surface area contributed by atoms with Gasteiger partial charge in [-0.05, 0) is 38.8 Å². The summed E-state index contributed by atoms with van der Waals surface area (Å²) in [5.74, 6) is 0.422. The van der Waals surface area contributed by atoms with Crippen LogP contribution >= 0.6 is 0 Å². The fraction of sp³-hybridized carbons (Fsp3) is 0.391. The molecule has 0 saturated carbocycles. The first-order valence-electron chi connectivity index (χ1n) is 10.4. The predicted octanol–water partition coefficient (Wildman–Crippen LogP) is 3.43. The molecule has 0 aliphatic carbocycles. The number of allylic oxidation sites excluding steroid dienone is 1. The number of hydrogen-bond acceptors (Lipinski definition) is 5. The van der Waals surface area contributed by atoms with Crippen LogP contribution in [0.15, 0.2) is 47.0 Å². The Balaban J connectivity index is 1.68. The van der Waals surface area contributed by atoms with Gasteiger partial charge in [-0.2, -0.15) is 5.10 Å². The third-order valence-corrected chi connectivity index (χ3v) is 5.42. The second-order valence-electron chi connectivity index (χ2n) is 7.46. The van der Waals surface area contributed by atoms with Crippen molar-refractivity contribution in [3.05, 3.63) is 42.0 Å². The van der Waals surface area contributed by atoms with Gasteiger partial charge in [-0.15, -0.1) is 0 Å². The molecule has 2 heterocycles. The van der Waals surface area contributed by atoms with E-state index in [2.05, 4.69) is 20.7 Å². The largest absolute Gasteiger partial charge is 0.381 e. The average molecular weight is 424 g/mol. The van der Waals surface area contributed by atoms with Crippen molar-refractivity contribution in [1.82, 2.24) is 9.78 Å². The fourth-order valence-electron chi connectivity index (χ4n) is 3.46. The molecule has 2 aromatic rings. The molecule has 2 amide bonds. The molecule has 1 aliphatic rings. The molecule has 8 heteroatoms. The van der Waals surface area contributed by atoms with Gasteiger partial charge in [0, 0.05) is 56.3 Å². The second kappa shape index (κ2) is 10.2. The number of benzene rings is 1. The topological polar surface area (TPSA) is 97.6 Å². The van der Waals surface area contributed by atoms with Crippen molar-refractivity contribution < 1.29 is 14.3 Å². The lowest BCUT2D eigenvalue weighted by Crippen LogP contribution is -2.29. The van der Waals surface area contributed by atoms with Crippen molar-refractivity contribution in [2.24, 2.45) is 18.0 Å². The zero-order valence-electron chi connectivity index (χ0n) is 18.4. The summed E-state index contributed by atoms with van der Waals surface area (Å²) in [6, 6.07) is 9.28. The fourth-order valence-corrected chi connectivity index (χ4v) is 3.46. The van der Waals surface area contributed by atoms with Crippen LogP contribution in [0.4, 0.5) is 11.5 Å². The number of carbonyl (C=O) groups excluding carboxylic acids is 2. The van der Waals surface area contributed by atoms with Crippen LogP contribution in [0.3, 0.4) is 0 Å². The van der Waals surface area contributed by atoms with E-state index in [1.807, 2.05) is 37.3 Å². The maximum atomic E-state index is 12.5. The van der Waals surface area contributed by atoms with E-state index in [1.54, 1.807) is 31.8 Å². The molecule has 0 unspecified atom stereocenters. The lowest BCUT2D eigenvalue weighted by molar-refractivity contribution is -0.122. The number of anilines is 2. The van der Waals surface area contributed by atoms with Gasteiger partial charge in [0.2, 0.25) is 5.91 Å². The SMILES string of the molecule is C/C=C(/C(=O)Nc1ccc(-c2cc(NC(=O)C3CCOCC3)n(C)n2)cc1)C(C)=NC. The molecule has 31 heavy (non-hydrogen) atoms. The summed E-state index contributed by atoms with van der Waals surface area (Å²) < 4.78 is 6.98. The molecule has 0 bridgehead atoms. The van der Waals surface area contributed by atoms with E-state index >= 15 is 0 Å². The number of nitrogens with zero attached hydrogens (tertiary/aromatic N) is 3. The maximum absolute atomic E-state index is 12.5. The summed E-state index contributed by atoms with van der Waals surface area (Å²) in [6.45, 7) is 4.86. The van der Waals surface area contributed by atoms with Crippen LogP contribution in [0.1, 0.15) is 26.7 Å². The van der Waals surface area contributed by atoms with Gasteiger partial charge < -0.3 is 15.4 Å². The lowest BCUT2D eigenvalue weighted by Gasteiger charge is -2.21. The highest BCUT2D eigenvalue weighted by Gasteiger charge is 2.22. The Hall–Kier alpha value is -3.26. The molecule has 2 N–H and O–H groups in total. The van der Waals surface area contributed by atoms with Crippen molar-refractivity contribution in [3.63, 3.8) is 0 Å². The van der Waals surface area contributed by atoms with Crippen LogP contribution in [0.25, 0.3) is 11.3 Å². The summed E-state index contributed by atoms with van der Waals surface area (Å²) >= 11 is 0. The highest BCUT2D eigenvalue weighted by molar-refractivity contribution is 6.24. The number of carbonyl (C=O) groups is 2. The Labute approximate surface area is 182 Å². The quantitative estimate of drug-likeness (QED) is 0.549. The van der Waals surface area contributed by atoms with E-state index in [9.17, 15) is 9.59 Å². The smallest absolute Gasteiger partial charge is 0.257 e. The lowest BCUT2D eigenvalue weighted by atomic mass is 9.99. The van der Waals surface area contributed by atoms with E-state index in [1.165, 1.54) is 0 Å². The number of aliphatic imine (C=N–C) groups is 1. The first kappa shape index (κ1) is 22.4. The summed E-state index contributed by atoms with van der Waals surface area (Å²) in [4.78, 5) is 29.0. The molecular weight excluding hydrogens is 394 g/mol. The molecule has 0 atom stereocenters. The molecule has 1 saturated heterocycles. The molecular formula is C23H29N5O3. The minimum atomic E-state index is -0.200. The van der Waals surface area contributed by atoms with Gasteiger partial charge in [-0.25, -0.2) is 0 Å². The minimum absolute atomic E-state index is 0.00149. The van der Waals surface area contributed by atoms with Crippen LogP contribution in [-0.2, 0) is 21.4 Å². The zero-order chi connectivity index (χ0) is 22.4. The third kappa shape index (κ3) is 5.46. The Morgan fingerprint density at radius 3 is 2.48 bits per heavy atom. The molecule has 1 aromatic carbocycles. The van der Waals surface area contributed by atoms with Gasteiger partial charge in [-0.3, -0.25) is 19.3 Å². The van der Waals surface area contributed by atoms with Crippen LogP contribution < -0.4 is 10.6 Å². The van der Waals surface area contributed by atoms with E-state index in [0.717, 1.165) is 24.1 Å². The highest BCUT2D eigenvalue weighted by atomic mass is 16.5. The van der Waals surface area contributed by atoms with Crippen molar-refractivity contribution >= 4 is 29.0 Å². The minimum Gasteiger partial charge on any atom is -0.381 e. The number of ether oxygens (including phenoxy) is 1. The van der Waals surface area contributed by atoms with Crippen molar-refractivity contribution in [3.8, 4) is 11.3 Å². The number of nitrogens with one attached hydrogen (secondary N) is 2. The molecule has 1 aliphatic heterocycles. The number of amides is 2. The second-order valence-corrected chi connectivity index (χ2v) is 7.46. The van der Waals surface area contributed by atoms with Crippen LogP contribution in [0, 0.1) is 5.92 Å². The molecule has 0 radical (unpaired) electrons. The summed E-state index contributed by atoms with van der Waals surface area (Å²) in [7, 11) is 3.46. The third-order valence-electron chi connectivity index (χ3n) is 5.42. The van der Waals surface area contributed by atoms with Crippen molar-refractivity contribution in [2.75, 3.05) is 30.9 Å². The number of aromatic nitrogens is 2. The summed E-state index contributed by atoms with van der Waals surface area (Å²) in [5, 5.41) is 10.4. The molecule has 1 fully saturated rings. The van der Waals surface area contributed by atoms with E-state index < -0.39 is 0 Å². The van der Waals surface area contributed by atoms with Gasteiger partial charge in [0.1, 0.15) is 5.82 Å². The van der Waals surface area contributed by atoms with Gasteiger partial charge in [0.25, 0.3) is 5.91 Å². The first-order valence-corrected chi connectivity index (χ1v) is 10.4. The van der Waals surface area contributed by atoms with Crippen LogP contribution in [-0.4, -0.2) is 47.6 Å². The van der Waals surface area contributed by atoms with E-state index in [0.29, 0.717) is 36.0 Å². The van der Waals surface area contributed by atoms with Gasteiger partial charge in [-0.1, -0.05) is 18.2 Å². The van der Waals surface area contributed by atoms with Crippen molar-refractivity contribution in [2.45, 2.75) is 26.7 Å². The molecule has 0 spiro atoms. The van der Waals surface area contributed by atoms with Crippen LogP contribution in [0.2, 0.25) is 0 Å². The van der Waals surface area contributed by atoms with Gasteiger partial charge in [0.15, 0.2) is 0 Å². The Bertz CT molecular complexity index is 999. The van der Waals surface area contributed by atoms with E-state index in [-0.39, 0.29) is 17.7 Å². The Morgan fingerprint density at radius 2 is 1.87 bits per heavy atom. The molecule has 164 valence electrons. The first-order chi connectivity index (χ1) is 14.9. The zero-order valence-corrected chi connectivity index (χ0v) is 18.4. The Morgan fingerprint density at radius 1 is 1.19 bits per heavy atom. The van der Waals surface area contributed by atoms with E-state index in [4.69, 9.17) is 4.74 Å². The summed E-state index contributed by atoms with van der Waals surface area (Å²) in [6.07, 6.45) is 3.22. The standard InChI is InChI=1S/C23H29N5O3/c1-5-19(15(2)24-3)23(30)25-18-8-6-16(7-9-18)20-14-21(28(4)27-20)26-22(29)17-10-12-31-13-11-17/h5-9,14,17H,10-13H2,1-4H3,(H,25,30)(H,26,29)/b19-5+,24-15?. The number of hydrogen-bond donors (Lipinski definition) is 2. The summed E-state index contributed by atoms with van der Waals surface area (Å²) in [5.41, 5.74) is 3.53. The average Bonchev–Trinajstić information content (AvgIpc) is 3.15. The maximum Gasteiger partial charge on any atom is 0.257 e. The predicted molar refractivity (Wildman–Crippen MR) is 122 cm³/mol. The Kier molecular flexibility index (Phi) is 7.36. The van der Waals surface area contributed by atoms with Gasteiger partial charge >= 0.3 is 0 Å². The van der Waals surface area contributed by atoms with Gasteiger partial charge in [0.05, 0.1) is 11.3 Å². The normalized spacial score (nSPS) is 15.6. The number of aryl methyl sites for hydroxylation is 1. The monoisotopic (exact) mass is 423 g/mol. The molecule has 8 nitrogen and oxygen atoms in total. The van der Waals surface area contributed by atoms with Crippen LogP contribution in [0.5, 0.6) is 0 Å². The molecule has 1 aromatic heterocycles. The molecule has 3 rings (SSSR count). The highest BCUT2D eigenvalue weighted by Crippen LogP contribution is 2.24. The number of rotatable bonds is 6. The van der Waals surface area contributed by atoms with Crippen molar-refractivity contribution in [1.29, 1.82) is 0 Å².